The summed E-state index contributed by atoms with van der Waals surface area (Å²) < 4.78 is 31.4. The highest BCUT2D eigenvalue weighted by atomic mass is 32.1. The largest absolute Gasteiger partial charge is 0.481 e. The molecule has 1 aromatic heterocycles. The predicted molar refractivity (Wildman–Crippen MR) is 121 cm³/mol. The third-order valence-electron chi connectivity index (χ3n) is 5.14. The van der Waals surface area contributed by atoms with E-state index in [1.54, 1.807) is 6.07 Å². The molecule has 7 nitrogen and oxygen atoms in total. The van der Waals surface area contributed by atoms with Crippen LogP contribution in [0.5, 0.6) is 0 Å². The van der Waals surface area contributed by atoms with Crippen LogP contribution in [0.15, 0.2) is 53.1 Å². The summed E-state index contributed by atoms with van der Waals surface area (Å²) in [5.74, 6) is -4.41. The van der Waals surface area contributed by atoms with Crippen molar-refractivity contribution >= 4 is 23.2 Å². The standard InChI is InChI=1S/C24H23F2N3O4S/c1-12(2)8-17-14(10-27)20(21(23(31)29-17)24(32)33-3)18-6-7-19(34-18)22(30)28-11-13-4-5-15(25)16(26)9-13/h4-7,9,12,20,32H,8,11H2,1-3H3,(H,28,30)(H,29,31)/b24-21-. The van der Waals surface area contributed by atoms with Crippen molar-refractivity contribution in [1.29, 1.82) is 5.26 Å². The Balaban J connectivity index is 1.92. The summed E-state index contributed by atoms with van der Waals surface area (Å²) in [6.45, 7) is 3.87. The van der Waals surface area contributed by atoms with Gasteiger partial charge in [-0.15, -0.1) is 11.3 Å². The van der Waals surface area contributed by atoms with E-state index in [-0.39, 0.29) is 28.5 Å². The number of nitrogens with zero attached hydrogens (tertiary/aromatic N) is 1. The molecule has 0 saturated carbocycles. The number of carbonyl (C=O) groups excluding carboxylic acids is 2. The zero-order valence-corrected chi connectivity index (χ0v) is 19.6. The number of allylic oxidation sites excluding steroid dienone is 2. The van der Waals surface area contributed by atoms with E-state index in [1.807, 2.05) is 13.8 Å². The molecule has 1 aromatic carbocycles. The normalized spacial score (nSPS) is 17.3. The smallest absolute Gasteiger partial charge is 0.286 e. The first-order chi connectivity index (χ1) is 16.2. The summed E-state index contributed by atoms with van der Waals surface area (Å²) >= 11 is 1.05. The SMILES string of the molecule is CO/C(O)=C1\C(=O)NC(CC(C)C)=C(C#N)C1c1ccc(C(=O)NCc2ccc(F)c(F)c2)s1. The van der Waals surface area contributed by atoms with Crippen LogP contribution in [0, 0.1) is 28.9 Å². The first-order valence-electron chi connectivity index (χ1n) is 10.4. The fraction of sp³-hybridized carbons (Fsp3) is 0.292. The molecule has 0 bridgehead atoms. The molecule has 3 N–H and O–H groups in total. The molecule has 1 aliphatic rings. The van der Waals surface area contributed by atoms with Gasteiger partial charge >= 0.3 is 0 Å². The molecule has 0 aliphatic carbocycles. The van der Waals surface area contributed by atoms with Crippen molar-refractivity contribution < 1.29 is 28.2 Å². The third-order valence-corrected chi connectivity index (χ3v) is 6.29. The first-order valence-corrected chi connectivity index (χ1v) is 11.2. The molecule has 2 amide bonds. The predicted octanol–water partition coefficient (Wildman–Crippen LogP) is 4.41. The van der Waals surface area contributed by atoms with E-state index < -0.39 is 35.3 Å². The zero-order chi connectivity index (χ0) is 25.0. The highest BCUT2D eigenvalue weighted by molar-refractivity contribution is 7.14. The number of amides is 2. The fourth-order valence-corrected chi connectivity index (χ4v) is 4.63. The van der Waals surface area contributed by atoms with Gasteiger partial charge in [0.25, 0.3) is 17.8 Å². The maximum absolute atomic E-state index is 13.4. The van der Waals surface area contributed by atoms with Crippen LogP contribution in [0.3, 0.4) is 0 Å². The molecular formula is C24H23F2N3O4S. The average molecular weight is 488 g/mol. The summed E-state index contributed by atoms with van der Waals surface area (Å²) in [7, 11) is 1.21. The second kappa shape index (κ2) is 10.5. The Labute approximate surface area is 199 Å². The fourth-order valence-electron chi connectivity index (χ4n) is 3.59. The number of nitrogens with one attached hydrogen (secondary N) is 2. The van der Waals surface area contributed by atoms with E-state index >= 15 is 0 Å². The lowest BCUT2D eigenvalue weighted by Gasteiger charge is -2.28. The van der Waals surface area contributed by atoms with Gasteiger partial charge in [-0.1, -0.05) is 19.9 Å². The van der Waals surface area contributed by atoms with E-state index in [0.717, 1.165) is 23.5 Å². The van der Waals surface area contributed by atoms with Gasteiger partial charge in [0.15, 0.2) is 11.6 Å². The quantitative estimate of drug-likeness (QED) is 0.396. The topological polar surface area (TPSA) is 111 Å². The highest BCUT2D eigenvalue weighted by Gasteiger charge is 2.38. The number of thiophene rings is 1. The lowest BCUT2D eigenvalue weighted by Crippen LogP contribution is -2.36. The van der Waals surface area contributed by atoms with Crippen LogP contribution in [0.2, 0.25) is 0 Å². The van der Waals surface area contributed by atoms with E-state index in [2.05, 4.69) is 16.7 Å². The second-order valence-electron chi connectivity index (χ2n) is 8.05. The highest BCUT2D eigenvalue weighted by Crippen LogP contribution is 2.41. The van der Waals surface area contributed by atoms with Crippen LogP contribution in [-0.4, -0.2) is 24.0 Å². The van der Waals surface area contributed by atoms with Gasteiger partial charge in [0.2, 0.25) is 0 Å². The van der Waals surface area contributed by atoms with Crippen molar-refractivity contribution in [2.75, 3.05) is 7.11 Å². The van der Waals surface area contributed by atoms with Crippen LogP contribution >= 0.6 is 11.3 Å². The summed E-state index contributed by atoms with van der Waals surface area (Å²) in [6, 6.07) is 8.62. The number of halogens is 2. The Hall–Kier alpha value is -3.71. The lowest BCUT2D eigenvalue weighted by molar-refractivity contribution is -0.118. The summed E-state index contributed by atoms with van der Waals surface area (Å²) in [4.78, 5) is 26.2. The molecule has 2 heterocycles. The summed E-state index contributed by atoms with van der Waals surface area (Å²) in [6.07, 6.45) is 0.444. The number of rotatable bonds is 7. The molecule has 0 saturated heterocycles. The van der Waals surface area contributed by atoms with Gasteiger partial charge in [-0.3, -0.25) is 9.59 Å². The van der Waals surface area contributed by atoms with Gasteiger partial charge < -0.3 is 20.5 Å². The minimum absolute atomic E-state index is 0.0212. The summed E-state index contributed by atoms with van der Waals surface area (Å²) in [5, 5.41) is 25.5. The maximum Gasteiger partial charge on any atom is 0.286 e. The number of nitriles is 1. The molecule has 10 heteroatoms. The number of methoxy groups -OCH3 is 1. The van der Waals surface area contributed by atoms with Crippen molar-refractivity contribution in [3.8, 4) is 6.07 Å². The number of hydrogen-bond acceptors (Lipinski definition) is 6. The maximum atomic E-state index is 13.4. The zero-order valence-electron chi connectivity index (χ0n) is 18.7. The van der Waals surface area contributed by atoms with Crippen LogP contribution in [-0.2, 0) is 16.1 Å². The average Bonchev–Trinajstić information content (AvgIpc) is 3.28. The Morgan fingerprint density at radius 1 is 1.29 bits per heavy atom. The van der Waals surface area contributed by atoms with Crippen molar-refractivity contribution in [2.24, 2.45) is 5.92 Å². The van der Waals surface area contributed by atoms with Crippen molar-refractivity contribution in [3.63, 3.8) is 0 Å². The van der Waals surface area contributed by atoms with Crippen LogP contribution in [0.25, 0.3) is 0 Å². The van der Waals surface area contributed by atoms with Gasteiger partial charge in [0.1, 0.15) is 5.57 Å². The Morgan fingerprint density at radius 2 is 2.03 bits per heavy atom. The molecular weight excluding hydrogens is 464 g/mol. The van der Waals surface area contributed by atoms with Gasteiger partial charge in [-0.25, -0.2) is 8.78 Å². The number of ether oxygens (including phenoxy) is 1. The molecule has 178 valence electrons. The minimum atomic E-state index is -1.01. The molecule has 0 radical (unpaired) electrons. The molecule has 1 unspecified atom stereocenters. The van der Waals surface area contributed by atoms with Crippen LogP contribution < -0.4 is 10.6 Å². The summed E-state index contributed by atoms with van der Waals surface area (Å²) in [5.41, 5.74) is 0.971. The van der Waals surface area contributed by atoms with Gasteiger partial charge in [0.05, 0.1) is 29.5 Å². The van der Waals surface area contributed by atoms with Gasteiger partial charge in [0, 0.05) is 17.1 Å². The van der Waals surface area contributed by atoms with E-state index in [9.17, 15) is 28.7 Å². The van der Waals surface area contributed by atoms with E-state index in [4.69, 9.17) is 4.74 Å². The molecule has 34 heavy (non-hydrogen) atoms. The Morgan fingerprint density at radius 3 is 2.65 bits per heavy atom. The number of benzene rings is 1. The molecule has 1 aliphatic heterocycles. The Kier molecular flexibility index (Phi) is 7.68. The minimum Gasteiger partial charge on any atom is -0.481 e. The Bertz CT molecular complexity index is 1230. The van der Waals surface area contributed by atoms with Gasteiger partial charge in [-0.2, -0.15) is 5.26 Å². The number of aliphatic hydroxyl groups excluding tert-OH is 1. The molecule has 0 fully saturated rings. The van der Waals surface area contributed by atoms with E-state index in [0.29, 0.717) is 22.6 Å². The van der Waals surface area contributed by atoms with Crippen molar-refractivity contribution in [3.05, 3.63) is 80.1 Å². The lowest BCUT2D eigenvalue weighted by atomic mass is 9.84. The van der Waals surface area contributed by atoms with Crippen molar-refractivity contribution in [1.82, 2.24) is 10.6 Å². The van der Waals surface area contributed by atoms with Gasteiger partial charge in [-0.05, 0) is 42.2 Å². The number of hydrogen-bond donors (Lipinski definition) is 3. The number of carbonyl (C=O) groups is 2. The molecule has 2 aromatic rings. The van der Waals surface area contributed by atoms with Crippen LogP contribution in [0.1, 0.15) is 46.3 Å². The van der Waals surface area contributed by atoms with E-state index in [1.165, 1.54) is 19.2 Å². The van der Waals surface area contributed by atoms with Crippen LogP contribution in [0.4, 0.5) is 8.78 Å². The molecule has 0 spiro atoms. The third kappa shape index (κ3) is 5.26. The van der Waals surface area contributed by atoms with Crippen molar-refractivity contribution in [2.45, 2.75) is 32.7 Å². The second-order valence-corrected chi connectivity index (χ2v) is 9.16. The number of aliphatic hydroxyl groups is 1. The monoisotopic (exact) mass is 487 g/mol. The molecule has 3 rings (SSSR count). The first kappa shape index (κ1) is 24.9. The molecule has 1 atom stereocenters.